The fourth-order valence-corrected chi connectivity index (χ4v) is 3.22. The molecule has 0 spiro atoms. The predicted octanol–water partition coefficient (Wildman–Crippen LogP) is 5.41. The van der Waals surface area contributed by atoms with Crippen molar-refractivity contribution in [1.29, 1.82) is 0 Å². The van der Waals surface area contributed by atoms with Gasteiger partial charge in [0.25, 0.3) is 5.91 Å². The van der Waals surface area contributed by atoms with Crippen LogP contribution in [0, 0.1) is 0 Å². The third-order valence-corrected chi connectivity index (χ3v) is 5.14. The van der Waals surface area contributed by atoms with Crippen molar-refractivity contribution in [3.8, 4) is 0 Å². The first kappa shape index (κ1) is 22.2. The van der Waals surface area contributed by atoms with Gasteiger partial charge in [0.05, 0.1) is 11.6 Å². The zero-order valence-corrected chi connectivity index (χ0v) is 18.1. The van der Waals surface area contributed by atoms with Crippen LogP contribution in [0.2, 0.25) is 5.02 Å². The van der Waals surface area contributed by atoms with Crippen LogP contribution in [0.5, 0.6) is 0 Å². The molecular weight excluding hydrogens is 412 g/mol. The number of carbonyl (C=O) groups excluding carboxylic acids is 3. The summed E-state index contributed by atoms with van der Waals surface area (Å²) in [6.07, 6.45) is 0.405. The van der Waals surface area contributed by atoms with Gasteiger partial charge in [-0.25, -0.2) is 0 Å². The van der Waals surface area contributed by atoms with Crippen LogP contribution in [-0.4, -0.2) is 17.6 Å². The standard InChI is InChI=1S/C25H23ClN2O3/c1-3-23(29)28-20-14-10-17(11-15-20)16(2)27-25(31)22-7-5-4-6-21(22)24(30)18-8-12-19(26)13-9-18/h4-16H,3H2,1-2H3,(H,27,31)(H,28,29). The number of halogens is 1. The molecule has 0 heterocycles. The van der Waals surface area contributed by atoms with Crippen LogP contribution in [0.25, 0.3) is 0 Å². The Bertz CT molecular complexity index is 1090. The molecule has 31 heavy (non-hydrogen) atoms. The van der Waals surface area contributed by atoms with Crippen LogP contribution in [0.4, 0.5) is 5.69 Å². The zero-order valence-electron chi connectivity index (χ0n) is 17.3. The van der Waals surface area contributed by atoms with Crippen LogP contribution < -0.4 is 10.6 Å². The molecule has 0 aliphatic heterocycles. The van der Waals surface area contributed by atoms with E-state index in [1.165, 1.54) is 0 Å². The fraction of sp³-hybridized carbons (Fsp3) is 0.160. The fourth-order valence-electron chi connectivity index (χ4n) is 3.10. The average molecular weight is 435 g/mol. The van der Waals surface area contributed by atoms with Gasteiger partial charge >= 0.3 is 0 Å². The number of hydrogen-bond donors (Lipinski definition) is 2. The maximum atomic E-state index is 12.9. The Labute approximate surface area is 186 Å². The number of carbonyl (C=O) groups is 3. The minimum absolute atomic E-state index is 0.0592. The second-order valence-corrected chi connectivity index (χ2v) is 7.54. The molecular formula is C25H23ClN2O3. The molecule has 0 aliphatic rings. The molecule has 0 saturated heterocycles. The smallest absolute Gasteiger partial charge is 0.252 e. The van der Waals surface area contributed by atoms with E-state index in [0.29, 0.717) is 33.8 Å². The molecule has 3 aromatic carbocycles. The first-order valence-corrected chi connectivity index (χ1v) is 10.4. The van der Waals surface area contributed by atoms with Crippen molar-refractivity contribution in [2.24, 2.45) is 0 Å². The first-order chi connectivity index (χ1) is 14.9. The van der Waals surface area contributed by atoms with Crippen molar-refractivity contribution >= 4 is 34.9 Å². The topological polar surface area (TPSA) is 75.3 Å². The summed E-state index contributed by atoms with van der Waals surface area (Å²) in [4.78, 5) is 37.4. The summed E-state index contributed by atoms with van der Waals surface area (Å²) in [6.45, 7) is 3.65. The number of anilines is 1. The van der Waals surface area contributed by atoms with E-state index in [1.807, 2.05) is 19.1 Å². The first-order valence-electron chi connectivity index (χ1n) is 9.99. The van der Waals surface area contributed by atoms with Gasteiger partial charge in [-0.3, -0.25) is 14.4 Å². The number of benzene rings is 3. The molecule has 3 aromatic rings. The minimum atomic E-state index is -0.339. The highest BCUT2D eigenvalue weighted by Gasteiger charge is 2.19. The maximum absolute atomic E-state index is 12.9. The Balaban J connectivity index is 1.75. The Kier molecular flexibility index (Phi) is 7.21. The lowest BCUT2D eigenvalue weighted by Gasteiger charge is -2.16. The number of hydrogen-bond acceptors (Lipinski definition) is 3. The molecule has 158 valence electrons. The van der Waals surface area contributed by atoms with Crippen molar-refractivity contribution in [1.82, 2.24) is 5.32 Å². The van der Waals surface area contributed by atoms with Gasteiger partial charge in [-0.15, -0.1) is 0 Å². The van der Waals surface area contributed by atoms with E-state index in [-0.39, 0.29) is 23.6 Å². The number of rotatable bonds is 7. The lowest BCUT2D eigenvalue weighted by Crippen LogP contribution is -2.28. The molecule has 0 bridgehead atoms. The molecule has 1 atom stereocenters. The number of amides is 2. The highest BCUT2D eigenvalue weighted by Crippen LogP contribution is 2.20. The summed E-state index contributed by atoms with van der Waals surface area (Å²) in [5.41, 5.74) is 2.67. The molecule has 2 amide bonds. The highest BCUT2D eigenvalue weighted by molar-refractivity contribution is 6.30. The van der Waals surface area contributed by atoms with E-state index >= 15 is 0 Å². The molecule has 0 aromatic heterocycles. The van der Waals surface area contributed by atoms with Gasteiger partial charge in [0.1, 0.15) is 0 Å². The van der Waals surface area contributed by atoms with Gasteiger partial charge in [-0.05, 0) is 55.0 Å². The van der Waals surface area contributed by atoms with Gasteiger partial charge in [-0.1, -0.05) is 48.9 Å². The summed E-state index contributed by atoms with van der Waals surface area (Å²) in [7, 11) is 0. The Morgan fingerprint density at radius 1 is 0.871 bits per heavy atom. The van der Waals surface area contributed by atoms with Crippen molar-refractivity contribution in [2.75, 3.05) is 5.32 Å². The Hall–Kier alpha value is -3.44. The highest BCUT2D eigenvalue weighted by atomic mass is 35.5. The van der Waals surface area contributed by atoms with E-state index in [4.69, 9.17) is 11.6 Å². The zero-order chi connectivity index (χ0) is 22.4. The van der Waals surface area contributed by atoms with Crippen LogP contribution in [0.15, 0.2) is 72.8 Å². The quantitative estimate of drug-likeness (QED) is 0.488. The molecule has 3 rings (SSSR count). The van der Waals surface area contributed by atoms with Crippen molar-refractivity contribution in [3.63, 3.8) is 0 Å². The monoisotopic (exact) mass is 434 g/mol. The molecule has 0 fully saturated rings. The summed E-state index contributed by atoms with van der Waals surface area (Å²) in [6, 6.07) is 20.3. The van der Waals surface area contributed by atoms with Crippen LogP contribution in [0.3, 0.4) is 0 Å². The van der Waals surface area contributed by atoms with Crippen LogP contribution >= 0.6 is 11.6 Å². The van der Waals surface area contributed by atoms with Gasteiger partial charge in [-0.2, -0.15) is 0 Å². The Morgan fingerprint density at radius 2 is 1.48 bits per heavy atom. The maximum Gasteiger partial charge on any atom is 0.252 e. The predicted molar refractivity (Wildman–Crippen MR) is 123 cm³/mol. The SMILES string of the molecule is CCC(=O)Nc1ccc(C(C)NC(=O)c2ccccc2C(=O)c2ccc(Cl)cc2)cc1. The second-order valence-electron chi connectivity index (χ2n) is 7.10. The third-order valence-electron chi connectivity index (χ3n) is 4.89. The molecule has 0 saturated carbocycles. The molecule has 2 N–H and O–H groups in total. The molecule has 0 radical (unpaired) electrons. The van der Waals surface area contributed by atoms with Crippen molar-refractivity contribution in [2.45, 2.75) is 26.3 Å². The summed E-state index contributed by atoms with van der Waals surface area (Å²) in [5, 5.41) is 6.27. The number of nitrogens with one attached hydrogen (secondary N) is 2. The average Bonchev–Trinajstić information content (AvgIpc) is 2.79. The lowest BCUT2D eigenvalue weighted by molar-refractivity contribution is -0.115. The van der Waals surface area contributed by atoms with Gasteiger partial charge < -0.3 is 10.6 Å². The van der Waals surface area contributed by atoms with E-state index in [1.54, 1.807) is 67.6 Å². The molecule has 0 aliphatic carbocycles. The van der Waals surface area contributed by atoms with E-state index in [0.717, 1.165) is 5.56 Å². The van der Waals surface area contributed by atoms with Crippen molar-refractivity contribution in [3.05, 3.63) is 100 Å². The van der Waals surface area contributed by atoms with Gasteiger partial charge in [0, 0.05) is 28.3 Å². The molecule has 1 unspecified atom stereocenters. The lowest BCUT2D eigenvalue weighted by atomic mass is 9.97. The number of ketones is 1. The largest absolute Gasteiger partial charge is 0.345 e. The van der Waals surface area contributed by atoms with E-state index < -0.39 is 0 Å². The molecule has 6 heteroatoms. The van der Waals surface area contributed by atoms with Crippen molar-refractivity contribution < 1.29 is 14.4 Å². The van der Waals surface area contributed by atoms with Gasteiger partial charge in [0.2, 0.25) is 5.91 Å². The Morgan fingerprint density at radius 3 is 2.10 bits per heavy atom. The van der Waals surface area contributed by atoms with Crippen LogP contribution in [0.1, 0.15) is 58.2 Å². The van der Waals surface area contributed by atoms with Gasteiger partial charge in [0.15, 0.2) is 5.78 Å². The summed E-state index contributed by atoms with van der Waals surface area (Å²) >= 11 is 5.91. The van der Waals surface area contributed by atoms with Crippen LogP contribution in [-0.2, 0) is 4.79 Å². The van der Waals surface area contributed by atoms with E-state index in [9.17, 15) is 14.4 Å². The minimum Gasteiger partial charge on any atom is -0.345 e. The van der Waals surface area contributed by atoms with E-state index in [2.05, 4.69) is 10.6 Å². The summed E-state index contributed by atoms with van der Waals surface area (Å²) in [5.74, 6) is -0.643. The summed E-state index contributed by atoms with van der Waals surface area (Å²) < 4.78 is 0. The second kappa shape index (κ2) is 10.0. The molecule has 5 nitrogen and oxygen atoms in total. The third kappa shape index (κ3) is 5.58. The normalized spacial score (nSPS) is 11.5.